The molecule has 2 aromatic rings. The van der Waals surface area contributed by atoms with Crippen molar-refractivity contribution in [3.63, 3.8) is 0 Å². The summed E-state index contributed by atoms with van der Waals surface area (Å²) in [6, 6.07) is 9.49. The second-order valence-electron chi connectivity index (χ2n) is 4.34. The summed E-state index contributed by atoms with van der Waals surface area (Å²) in [5.41, 5.74) is 0.244. The van der Waals surface area contributed by atoms with Gasteiger partial charge in [0.2, 0.25) is 0 Å². The summed E-state index contributed by atoms with van der Waals surface area (Å²) in [5, 5.41) is 8.87. The molecule has 110 valence electrons. The summed E-state index contributed by atoms with van der Waals surface area (Å²) >= 11 is 2.09. The maximum Gasteiger partial charge on any atom is 0.335 e. The molecule has 0 unspecified atom stereocenters. The molecule has 2 rings (SSSR count). The average Bonchev–Trinajstić information content (AvgIpc) is 2.41. The molecule has 0 saturated heterocycles. The van der Waals surface area contributed by atoms with Crippen LogP contribution >= 0.6 is 22.6 Å². The minimum absolute atomic E-state index is 0.266. The normalized spacial score (nSPS) is 11.3. The smallest absolute Gasteiger partial charge is 0.335 e. The Balaban J connectivity index is 2.41. The van der Waals surface area contributed by atoms with Crippen molar-refractivity contribution < 1.29 is 22.7 Å². The Labute approximate surface area is 134 Å². The third kappa shape index (κ3) is 3.79. The number of aromatic carboxylic acids is 1. The Kier molecular flexibility index (Phi) is 4.62. The van der Waals surface area contributed by atoms with Crippen LogP contribution < -0.4 is 0 Å². The fourth-order valence-electron chi connectivity index (χ4n) is 1.75. The van der Waals surface area contributed by atoms with E-state index in [2.05, 4.69) is 22.6 Å². The molecular weight excluding hydrogens is 410 g/mol. The molecule has 7 heteroatoms. The summed E-state index contributed by atoms with van der Waals surface area (Å²) in [4.78, 5) is 10.3. The van der Waals surface area contributed by atoms with Gasteiger partial charge in [0.05, 0.1) is 11.3 Å². The number of benzene rings is 2. The summed E-state index contributed by atoms with van der Waals surface area (Å²) in [6.07, 6.45) is 0. The van der Waals surface area contributed by atoms with Crippen LogP contribution in [0.15, 0.2) is 47.4 Å². The van der Waals surface area contributed by atoms with E-state index >= 15 is 0 Å². The van der Waals surface area contributed by atoms with Crippen molar-refractivity contribution in [2.24, 2.45) is 0 Å². The first-order valence-corrected chi connectivity index (χ1v) is 8.53. The van der Waals surface area contributed by atoms with E-state index in [9.17, 15) is 17.6 Å². The lowest BCUT2D eigenvalue weighted by Crippen LogP contribution is -2.09. The standard InChI is InChI=1S/C14H10FIO4S/c15-12-6-3-10(14(17)18)7-13(12)21(19,20)8-9-1-4-11(16)5-2-9/h1-7H,8H2,(H,17,18). The van der Waals surface area contributed by atoms with E-state index in [1.807, 2.05) is 0 Å². The molecule has 21 heavy (non-hydrogen) atoms. The fraction of sp³-hybridized carbons (Fsp3) is 0.0714. The van der Waals surface area contributed by atoms with Crippen LogP contribution in [0.4, 0.5) is 4.39 Å². The lowest BCUT2D eigenvalue weighted by Gasteiger charge is -2.07. The van der Waals surface area contributed by atoms with Gasteiger partial charge >= 0.3 is 5.97 Å². The lowest BCUT2D eigenvalue weighted by molar-refractivity contribution is 0.0696. The largest absolute Gasteiger partial charge is 0.478 e. The van der Waals surface area contributed by atoms with E-state index in [0.29, 0.717) is 5.56 Å². The van der Waals surface area contributed by atoms with Gasteiger partial charge in [-0.3, -0.25) is 0 Å². The van der Waals surface area contributed by atoms with Crippen molar-refractivity contribution in [1.82, 2.24) is 0 Å². The highest BCUT2D eigenvalue weighted by molar-refractivity contribution is 14.1. The van der Waals surface area contributed by atoms with Gasteiger partial charge in [-0.05, 0) is 58.5 Å². The lowest BCUT2D eigenvalue weighted by atomic mass is 10.2. The molecule has 0 fully saturated rings. The summed E-state index contributed by atoms with van der Waals surface area (Å²) in [7, 11) is -3.95. The predicted octanol–water partition coefficient (Wildman–Crippen LogP) is 3.10. The first kappa shape index (κ1) is 15.9. The quantitative estimate of drug-likeness (QED) is 0.772. The highest BCUT2D eigenvalue weighted by atomic mass is 127. The number of halogens is 2. The van der Waals surface area contributed by atoms with Crippen molar-refractivity contribution >= 4 is 38.4 Å². The van der Waals surface area contributed by atoms with Gasteiger partial charge in [0.25, 0.3) is 0 Å². The van der Waals surface area contributed by atoms with Gasteiger partial charge in [0.15, 0.2) is 9.84 Å². The van der Waals surface area contributed by atoms with E-state index in [-0.39, 0.29) is 11.3 Å². The molecule has 0 heterocycles. The van der Waals surface area contributed by atoms with Gasteiger partial charge in [-0.25, -0.2) is 17.6 Å². The third-order valence-electron chi connectivity index (χ3n) is 2.78. The predicted molar refractivity (Wildman–Crippen MR) is 83.4 cm³/mol. The first-order valence-electron chi connectivity index (χ1n) is 5.79. The van der Waals surface area contributed by atoms with Gasteiger partial charge in [0, 0.05) is 3.57 Å². The average molecular weight is 420 g/mol. The van der Waals surface area contributed by atoms with Crippen LogP contribution in [-0.4, -0.2) is 19.5 Å². The zero-order chi connectivity index (χ0) is 15.6. The molecular formula is C14H10FIO4S. The molecule has 0 amide bonds. The Morgan fingerprint density at radius 3 is 2.33 bits per heavy atom. The second kappa shape index (κ2) is 6.10. The summed E-state index contributed by atoms with van der Waals surface area (Å²) in [5.74, 6) is -2.64. The number of carbonyl (C=O) groups is 1. The van der Waals surface area contributed by atoms with E-state index in [4.69, 9.17) is 5.11 Å². The maximum absolute atomic E-state index is 13.7. The number of sulfone groups is 1. The Morgan fingerprint density at radius 1 is 1.14 bits per heavy atom. The minimum Gasteiger partial charge on any atom is -0.478 e. The van der Waals surface area contributed by atoms with Crippen LogP contribution in [0.1, 0.15) is 15.9 Å². The van der Waals surface area contributed by atoms with Crippen LogP contribution in [0.25, 0.3) is 0 Å². The number of carboxylic acids is 1. The van der Waals surface area contributed by atoms with Gasteiger partial charge in [-0.2, -0.15) is 0 Å². The Hall–Kier alpha value is -1.48. The molecule has 0 aliphatic heterocycles. The van der Waals surface area contributed by atoms with Crippen LogP contribution in [0, 0.1) is 9.39 Å². The molecule has 0 spiro atoms. The van der Waals surface area contributed by atoms with Crippen molar-refractivity contribution in [3.05, 3.63) is 63.0 Å². The van der Waals surface area contributed by atoms with Gasteiger partial charge < -0.3 is 5.11 Å². The molecule has 0 saturated carbocycles. The van der Waals surface area contributed by atoms with E-state index < -0.39 is 26.5 Å². The zero-order valence-electron chi connectivity index (χ0n) is 10.6. The Bertz CT molecular complexity index is 785. The number of hydrogen-bond acceptors (Lipinski definition) is 3. The van der Waals surface area contributed by atoms with E-state index in [1.54, 1.807) is 24.3 Å². The third-order valence-corrected chi connectivity index (χ3v) is 5.20. The van der Waals surface area contributed by atoms with E-state index in [0.717, 1.165) is 21.8 Å². The van der Waals surface area contributed by atoms with Crippen LogP contribution in [0.3, 0.4) is 0 Å². The van der Waals surface area contributed by atoms with Crippen molar-refractivity contribution in [2.75, 3.05) is 0 Å². The van der Waals surface area contributed by atoms with Crippen molar-refractivity contribution in [2.45, 2.75) is 10.6 Å². The monoisotopic (exact) mass is 420 g/mol. The molecule has 2 aromatic carbocycles. The molecule has 0 bridgehead atoms. The molecule has 0 aliphatic carbocycles. The van der Waals surface area contributed by atoms with Crippen molar-refractivity contribution in [1.29, 1.82) is 0 Å². The first-order chi connectivity index (χ1) is 9.79. The molecule has 0 aliphatic rings. The van der Waals surface area contributed by atoms with Gasteiger partial charge in [-0.1, -0.05) is 12.1 Å². The molecule has 0 radical (unpaired) electrons. The summed E-state index contributed by atoms with van der Waals surface area (Å²) in [6.45, 7) is 0. The second-order valence-corrected chi connectivity index (χ2v) is 7.54. The number of carboxylic acid groups (broad SMARTS) is 1. The number of hydrogen-bond donors (Lipinski definition) is 1. The molecule has 4 nitrogen and oxygen atoms in total. The zero-order valence-corrected chi connectivity index (χ0v) is 13.6. The highest BCUT2D eigenvalue weighted by Gasteiger charge is 2.21. The van der Waals surface area contributed by atoms with Gasteiger partial charge in [0.1, 0.15) is 10.7 Å². The minimum atomic E-state index is -3.95. The number of rotatable bonds is 4. The van der Waals surface area contributed by atoms with Gasteiger partial charge in [-0.15, -0.1) is 0 Å². The summed E-state index contributed by atoms with van der Waals surface area (Å²) < 4.78 is 39.2. The van der Waals surface area contributed by atoms with Crippen LogP contribution in [0.2, 0.25) is 0 Å². The van der Waals surface area contributed by atoms with Crippen LogP contribution in [-0.2, 0) is 15.6 Å². The topological polar surface area (TPSA) is 71.4 Å². The maximum atomic E-state index is 13.7. The molecule has 0 atom stereocenters. The highest BCUT2D eigenvalue weighted by Crippen LogP contribution is 2.21. The van der Waals surface area contributed by atoms with Crippen molar-refractivity contribution in [3.8, 4) is 0 Å². The van der Waals surface area contributed by atoms with Crippen LogP contribution in [0.5, 0.6) is 0 Å². The molecule has 0 aromatic heterocycles. The SMILES string of the molecule is O=C(O)c1ccc(F)c(S(=O)(=O)Cc2ccc(I)cc2)c1. The van der Waals surface area contributed by atoms with E-state index in [1.165, 1.54) is 0 Å². The molecule has 1 N–H and O–H groups in total. The fourth-order valence-corrected chi connectivity index (χ4v) is 3.57. The Morgan fingerprint density at radius 2 is 1.76 bits per heavy atom.